The number of hydrogen-bond acceptors (Lipinski definition) is 4. The van der Waals surface area contributed by atoms with Crippen LogP contribution in [0.4, 0.5) is 5.69 Å². The van der Waals surface area contributed by atoms with Crippen LogP contribution in [-0.2, 0) is 13.3 Å². The first kappa shape index (κ1) is 25.1. The Morgan fingerprint density at radius 2 is 1.66 bits per heavy atom. The van der Waals surface area contributed by atoms with Gasteiger partial charge in [-0.1, -0.05) is 40.9 Å². The van der Waals surface area contributed by atoms with Gasteiger partial charge in [-0.2, -0.15) is 10.2 Å². The van der Waals surface area contributed by atoms with E-state index in [9.17, 15) is 4.79 Å². The number of amides is 1. The van der Waals surface area contributed by atoms with Crippen LogP contribution in [0.2, 0.25) is 15.1 Å². The molecule has 0 spiro atoms. The van der Waals surface area contributed by atoms with E-state index in [0.29, 0.717) is 33.7 Å². The Kier molecular flexibility index (Phi) is 7.40. The highest BCUT2D eigenvalue weighted by atomic mass is 35.5. The minimum Gasteiger partial charge on any atom is -0.471 e. The van der Waals surface area contributed by atoms with Crippen LogP contribution in [0.1, 0.15) is 38.6 Å². The maximum Gasteiger partial charge on any atom is 0.276 e. The molecule has 35 heavy (non-hydrogen) atoms. The summed E-state index contributed by atoms with van der Waals surface area (Å²) in [5, 5.41) is 13.7. The van der Waals surface area contributed by atoms with Crippen molar-refractivity contribution in [3.63, 3.8) is 0 Å². The first-order valence-corrected chi connectivity index (χ1v) is 12.0. The van der Waals surface area contributed by atoms with Crippen LogP contribution in [0.3, 0.4) is 0 Å². The summed E-state index contributed by atoms with van der Waals surface area (Å²) < 4.78 is 9.13. The fourth-order valence-electron chi connectivity index (χ4n) is 3.73. The highest BCUT2D eigenvalue weighted by molar-refractivity contribution is 6.36. The zero-order chi connectivity index (χ0) is 25.3. The van der Waals surface area contributed by atoms with Crippen LogP contribution in [0.5, 0.6) is 5.75 Å². The lowest BCUT2D eigenvalue weighted by molar-refractivity contribution is 0.102. The Hall–Kier alpha value is -3.00. The normalized spacial score (nSPS) is 11.1. The number of aryl methyl sites for hydroxylation is 3. The predicted molar refractivity (Wildman–Crippen MR) is 139 cm³/mol. The molecule has 0 atom stereocenters. The van der Waals surface area contributed by atoms with Crippen molar-refractivity contribution < 1.29 is 9.53 Å². The van der Waals surface area contributed by atoms with E-state index in [2.05, 4.69) is 15.5 Å². The van der Waals surface area contributed by atoms with Crippen molar-refractivity contribution in [2.75, 3.05) is 5.32 Å². The number of aromatic nitrogens is 4. The molecule has 0 saturated carbocycles. The smallest absolute Gasteiger partial charge is 0.276 e. The molecule has 1 amide bonds. The Labute approximate surface area is 218 Å². The summed E-state index contributed by atoms with van der Waals surface area (Å²) in [6.07, 6.45) is 1.69. The van der Waals surface area contributed by atoms with Crippen molar-refractivity contribution in [3.8, 4) is 5.75 Å². The first-order chi connectivity index (χ1) is 16.6. The fourth-order valence-corrected chi connectivity index (χ4v) is 4.35. The SMILES string of the molecule is Cc1cc(OCn2ccc(C(=O)Nc3c(C)nn(Cc4c(Cl)cccc4Cl)c3C)n2)cc(C)c1Cl. The van der Waals surface area contributed by atoms with E-state index >= 15 is 0 Å². The Morgan fingerprint density at radius 3 is 2.31 bits per heavy atom. The molecule has 2 heterocycles. The van der Waals surface area contributed by atoms with Gasteiger partial charge in [0.2, 0.25) is 0 Å². The molecule has 0 fully saturated rings. The number of nitrogens with zero attached hydrogens (tertiary/aromatic N) is 4. The van der Waals surface area contributed by atoms with Crippen LogP contribution < -0.4 is 10.1 Å². The number of carbonyl (C=O) groups excluding carboxylic acids is 1. The summed E-state index contributed by atoms with van der Waals surface area (Å²) in [4.78, 5) is 12.9. The average molecular weight is 533 g/mol. The van der Waals surface area contributed by atoms with Crippen molar-refractivity contribution in [3.05, 3.63) is 91.4 Å². The monoisotopic (exact) mass is 531 g/mol. The standard InChI is InChI=1S/C25H24Cl3N5O2/c1-14-10-18(11-15(2)23(14)28)35-13-32-9-8-22(31-32)25(34)29-24-16(3)30-33(17(24)4)12-19-20(26)6-5-7-21(19)27/h5-11H,12-13H2,1-4H3,(H,29,34). The van der Waals surface area contributed by atoms with Gasteiger partial charge in [-0.15, -0.1) is 0 Å². The van der Waals surface area contributed by atoms with E-state index in [-0.39, 0.29) is 18.3 Å². The second-order valence-corrected chi connectivity index (χ2v) is 9.44. The van der Waals surface area contributed by atoms with Crippen molar-refractivity contribution in [1.29, 1.82) is 0 Å². The molecule has 0 bridgehead atoms. The molecule has 0 unspecified atom stereocenters. The molecule has 0 aliphatic heterocycles. The summed E-state index contributed by atoms with van der Waals surface area (Å²) in [6, 6.07) is 10.7. The van der Waals surface area contributed by atoms with E-state index in [1.807, 2.05) is 39.8 Å². The second kappa shape index (κ2) is 10.3. The van der Waals surface area contributed by atoms with E-state index < -0.39 is 0 Å². The van der Waals surface area contributed by atoms with Crippen molar-refractivity contribution in [2.45, 2.75) is 41.0 Å². The number of rotatable bonds is 7. The molecule has 0 aliphatic carbocycles. The molecule has 4 aromatic rings. The molecule has 182 valence electrons. The molecule has 1 N–H and O–H groups in total. The number of halogens is 3. The van der Waals surface area contributed by atoms with Gasteiger partial charge in [0.1, 0.15) is 5.75 Å². The van der Waals surface area contributed by atoms with Gasteiger partial charge in [-0.3, -0.25) is 9.48 Å². The lowest BCUT2D eigenvalue weighted by Gasteiger charge is -2.10. The maximum atomic E-state index is 12.9. The van der Waals surface area contributed by atoms with E-state index in [4.69, 9.17) is 39.5 Å². The predicted octanol–water partition coefficient (Wildman–Crippen LogP) is 6.61. The number of benzene rings is 2. The van der Waals surface area contributed by atoms with Gasteiger partial charge in [0.15, 0.2) is 12.4 Å². The van der Waals surface area contributed by atoms with Crippen LogP contribution in [0.25, 0.3) is 0 Å². The Bertz CT molecular complexity index is 1370. The number of carbonyl (C=O) groups is 1. The van der Waals surface area contributed by atoms with Crippen LogP contribution >= 0.6 is 34.8 Å². The Morgan fingerprint density at radius 1 is 1.00 bits per heavy atom. The summed E-state index contributed by atoms with van der Waals surface area (Å²) >= 11 is 18.8. The molecular formula is C25H24Cl3N5O2. The van der Waals surface area contributed by atoms with Crippen molar-refractivity contribution in [1.82, 2.24) is 19.6 Å². The highest BCUT2D eigenvalue weighted by Gasteiger charge is 2.18. The number of ether oxygens (including phenoxy) is 1. The quantitative estimate of drug-likeness (QED) is 0.291. The van der Waals surface area contributed by atoms with E-state index in [1.165, 1.54) is 0 Å². The number of nitrogens with one attached hydrogen (secondary N) is 1. The average Bonchev–Trinajstić information content (AvgIpc) is 3.39. The third-order valence-corrected chi connectivity index (χ3v) is 6.94. The molecule has 4 rings (SSSR count). The van der Waals surface area contributed by atoms with Gasteiger partial charge < -0.3 is 10.1 Å². The van der Waals surface area contributed by atoms with Gasteiger partial charge in [0, 0.05) is 26.8 Å². The van der Waals surface area contributed by atoms with Gasteiger partial charge in [-0.25, -0.2) is 4.68 Å². The molecule has 0 saturated heterocycles. The summed E-state index contributed by atoms with van der Waals surface area (Å²) in [5.74, 6) is 0.339. The summed E-state index contributed by atoms with van der Waals surface area (Å²) in [6.45, 7) is 8.10. The van der Waals surface area contributed by atoms with E-state index in [1.54, 1.807) is 39.8 Å². The minimum atomic E-state index is -0.344. The first-order valence-electron chi connectivity index (χ1n) is 10.8. The molecule has 7 nitrogen and oxygen atoms in total. The molecule has 2 aromatic carbocycles. The molecule has 0 aliphatic rings. The van der Waals surface area contributed by atoms with Crippen LogP contribution in [-0.4, -0.2) is 25.5 Å². The fraction of sp³-hybridized carbons (Fsp3) is 0.240. The molecule has 2 aromatic heterocycles. The summed E-state index contributed by atoms with van der Waals surface area (Å²) in [7, 11) is 0. The third-order valence-electron chi connectivity index (χ3n) is 5.64. The van der Waals surface area contributed by atoms with Gasteiger partial charge in [-0.05, 0) is 69.2 Å². The van der Waals surface area contributed by atoms with Gasteiger partial charge in [0.05, 0.1) is 23.6 Å². The lowest BCUT2D eigenvalue weighted by atomic mass is 10.1. The van der Waals surface area contributed by atoms with Crippen LogP contribution in [0, 0.1) is 27.7 Å². The minimum absolute atomic E-state index is 0.155. The van der Waals surface area contributed by atoms with Gasteiger partial charge in [0.25, 0.3) is 5.91 Å². The van der Waals surface area contributed by atoms with Gasteiger partial charge >= 0.3 is 0 Å². The molecular weight excluding hydrogens is 509 g/mol. The van der Waals surface area contributed by atoms with E-state index in [0.717, 1.165) is 27.4 Å². The molecule has 0 radical (unpaired) electrons. The topological polar surface area (TPSA) is 74.0 Å². The molecule has 10 heteroatoms. The maximum absolute atomic E-state index is 12.9. The zero-order valence-electron chi connectivity index (χ0n) is 19.7. The van der Waals surface area contributed by atoms with Crippen molar-refractivity contribution in [2.24, 2.45) is 0 Å². The summed E-state index contributed by atoms with van der Waals surface area (Å²) in [5.41, 5.74) is 4.98. The Balaban J connectivity index is 1.44. The zero-order valence-corrected chi connectivity index (χ0v) is 22.0. The number of anilines is 1. The van der Waals surface area contributed by atoms with Crippen LogP contribution in [0.15, 0.2) is 42.6 Å². The van der Waals surface area contributed by atoms with Crippen molar-refractivity contribution >= 4 is 46.4 Å². The largest absolute Gasteiger partial charge is 0.471 e. The third kappa shape index (κ3) is 5.48. The number of hydrogen-bond donors (Lipinski definition) is 1. The lowest BCUT2D eigenvalue weighted by Crippen LogP contribution is -2.15. The highest BCUT2D eigenvalue weighted by Crippen LogP contribution is 2.28. The second-order valence-electron chi connectivity index (χ2n) is 8.24.